The van der Waals surface area contributed by atoms with E-state index in [1.165, 1.54) is 0 Å². The molecule has 1 aliphatic rings. The molecule has 0 atom stereocenters. The number of anilines is 2. The van der Waals surface area contributed by atoms with Crippen LogP contribution in [0.15, 0.2) is 48.5 Å². The van der Waals surface area contributed by atoms with E-state index in [1.807, 2.05) is 51.1 Å². The summed E-state index contributed by atoms with van der Waals surface area (Å²) in [5.74, 6) is 0.00758. The van der Waals surface area contributed by atoms with Crippen LogP contribution in [-0.4, -0.2) is 20.9 Å². The molecule has 2 aromatic rings. The number of carbonyl (C=O) groups is 1. The van der Waals surface area contributed by atoms with Crippen molar-refractivity contribution in [3.63, 3.8) is 0 Å². The highest BCUT2D eigenvalue weighted by Crippen LogP contribution is 2.33. The minimum Gasteiger partial charge on any atom is -0.311 e. The number of sulfonamides is 1. The van der Waals surface area contributed by atoms with Gasteiger partial charge in [0.2, 0.25) is 15.9 Å². The molecule has 1 amide bonds. The molecule has 0 spiro atoms. The number of carbonyl (C=O) groups excluding carboxylic acids is 1. The second-order valence-electron chi connectivity index (χ2n) is 7.65. The first-order valence-corrected chi connectivity index (χ1v) is 10.3. The molecule has 0 aliphatic carbocycles. The van der Waals surface area contributed by atoms with E-state index in [0.29, 0.717) is 12.2 Å². The number of nitrogens with one attached hydrogen (secondary N) is 1. The van der Waals surface area contributed by atoms with E-state index in [4.69, 9.17) is 0 Å². The molecule has 3 rings (SSSR count). The molecule has 26 heavy (non-hydrogen) atoms. The number of benzene rings is 2. The highest BCUT2D eigenvalue weighted by Gasteiger charge is 2.32. The van der Waals surface area contributed by atoms with E-state index in [-0.39, 0.29) is 11.7 Å². The summed E-state index contributed by atoms with van der Waals surface area (Å²) in [5, 5.41) is 0. The van der Waals surface area contributed by atoms with Gasteiger partial charge >= 0.3 is 0 Å². The van der Waals surface area contributed by atoms with Crippen molar-refractivity contribution >= 4 is 27.3 Å². The van der Waals surface area contributed by atoms with Gasteiger partial charge in [0, 0.05) is 23.3 Å². The van der Waals surface area contributed by atoms with Crippen LogP contribution in [0.25, 0.3) is 0 Å². The molecule has 1 heterocycles. The highest BCUT2D eigenvalue weighted by atomic mass is 32.2. The molecule has 1 aliphatic heterocycles. The van der Waals surface area contributed by atoms with Crippen molar-refractivity contribution in [2.45, 2.75) is 32.9 Å². The maximum Gasteiger partial charge on any atom is 0.236 e. The van der Waals surface area contributed by atoms with Gasteiger partial charge < -0.3 is 4.90 Å². The Bertz CT molecular complexity index is 916. The van der Waals surface area contributed by atoms with Crippen LogP contribution >= 0.6 is 0 Å². The summed E-state index contributed by atoms with van der Waals surface area (Å²) in [6.07, 6.45) is 0.728. The second-order valence-corrected chi connectivity index (χ2v) is 9.37. The van der Waals surface area contributed by atoms with Crippen LogP contribution < -0.4 is 9.62 Å². The Morgan fingerprint density at radius 1 is 1.12 bits per heavy atom. The van der Waals surface area contributed by atoms with Crippen LogP contribution in [0.2, 0.25) is 0 Å². The Labute approximate surface area is 155 Å². The van der Waals surface area contributed by atoms with E-state index in [2.05, 4.69) is 4.72 Å². The third-order valence-corrected chi connectivity index (χ3v) is 5.59. The SMILES string of the molecule is CC(C)(C)C(=O)N1CCc2cc(NS(=O)(=O)Cc3ccccc3)ccc21. The first kappa shape index (κ1) is 18.5. The molecule has 0 fully saturated rings. The fourth-order valence-electron chi connectivity index (χ4n) is 3.09. The standard InChI is InChI=1S/C20H24N2O3S/c1-20(2,3)19(23)22-12-11-16-13-17(9-10-18(16)22)21-26(24,25)14-15-7-5-4-6-8-15/h4-10,13,21H,11-12,14H2,1-3H3. The molecule has 0 radical (unpaired) electrons. The Kier molecular flexibility index (Phi) is 4.80. The van der Waals surface area contributed by atoms with Crippen LogP contribution in [0.5, 0.6) is 0 Å². The summed E-state index contributed by atoms with van der Waals surface area (Å²) in [7, 11) is -3.49. The largest absolute Gasteiger partial charge is 0.311 e. The molecule has 0 aromatic heterocycles. The highest BCUT2D eigenvalue weighted by molar-refractivity contribution is 7.91. The van der Waals surface area contributed by atoms with Gasteiger partial charge in [0.05, 0.1) is 5.75 Å². The van der Waals surface area contributed by atoms with E-state index in [9.17, 15) is 13.2 Å². The Hall–Kier alpha value is -2.34. The zero-order valence-electron chi connectivity index (χ0n) is 15.3. The lowest BCUT2D eigenvalue weighted by Crippen LogP contribution is -2.38. The van der Waals surface area contributed by atoms with Gasteiger partial charge in [-0.05, 0) is 35.7 Å². The average Bonchev–Trinajstić information content (AvgIpc) is 2.96. The van der Waals surface area contributed by atoms with Crippen molar-refractivity contribution in [2.24, 2.45) is 5.41 Å². The van der Waals surface area contributed by atoms with Crippen LogP contribution in [0, 0.1) is 5.41 Å². The predicted molar refractivity (Wildman–Crippen MR) is 105 cm³/mol. The Balaban J connectivity index is 1.77. The van der Waals surface area contributed by atoms with Crippen molar-refractivity contribution in [3.8, 4) is 0 Å². The quantitative estimate of drug-likeness (QED) is 0.892. The van der Waals surface area contributed by atoms with Crippen molar-refractivity contribution < 1.29 is 13.2 Å². The molecule has 6 heteroatoms. The van der Waals surface area contributed by atoms with Crippen molar-refractivity contribution in [1.29, 1.82) is 0 Å². The summed E-state index contributed by atoms with van der Waals surface area (Å²) in [4.78, 5) is 14.4. The van der Waals surface area contributed by atoms with Gasteiger partial charge in [0.25, 0.3) is 0 Å². The summed E-state index contributed by atoms with van der Waals surface area (Å²) in [6.45, 7) is 6.34. The van der Waals surface area contributed by atoms with E-state index >= 15 is 0 Å². The molecule has 0 bridgehead atoms. The van der Waals surface area contributed by atoms with Gasteiger partial charge in [-0.1, -0.05) is 51.1 Å². The smallest absolute Gasteiger partial charge is 0.236 e. The van der Waals surface area contributed by atoms with Gasteiger partial charge in [-0.2, -0.15) is 0 Å². The maximum absolute atomic E-state index is 12.6. The maximum atomic E-state index is 12.6. The van der Waals surface area contributed by atoms with Gasteiger partial charge in [-0.25, -0.2) is 8.42 Å². The van der Waals surface area contributed by atoms with Crippen LogP contribution in [-0.2, 0) is 27.0 Å². The van der Waals surface area contributed by atoms with Crippen molar-refractivity contribution in [2.75, 3.05) is 16.2 Å². The number of hydrogen-bond acceptors (Lipinski definition) is 3. The normalized spacial score (nSPS) is 14.2. The monoisotopic (exact) mass is 372 g/mol. The van der Waals surface area contributed by atoms with Crippen LogP contribution in [0.1, 0.15) is 31.9 Å². The van der Waals surface area contributed by atoms with Crippen LogP contribution in [0.3, 0.4) is 0 Å². The number of hydrogen-bond donors (Lipinski definition) is 1. The summed E-state index contributed by atoms with van der Waals surface area (Å²) < 4.78 is 27.4. The molecular formula is C20H24N2O3S. The Morgan fingerprint density at radius 3 is 2.46 bits per heavy atom. The zero-order valence-corrected chi connectivity index (χ0v) is 16.1. The second kappa shape index (κ2) is 6.76. The third-order valence-electron chi connectivity index (χ3n) is 4.33. The fraction of sp³-hybridized carbons (Fsp3) is 0.350. The van der Waals surface area contributed by atoms with Gasteiger partial charge in [0.15, 0.2) is 0 Å². The van der Waals surface area contributed by atoms with Crippen LogP contribution in [0.4, 0.5) is 11.4 Å². The number of fused-ring (bicyclic) bond motifs is 1. The molecular weight excluding hydrogens is 348 g/mol. The van der Waals surface area contributed by atoms with Gasteiger partial charge in [-0.3, -0.25) is 9.52 Å². The zero-order chi connectivity index (χ0) is 18.9. The number of rotatable bonds is 4. The summed E-state index contributed by atoms with van der Waals surface area (Å²) in [6, 6.07) is 14.4. The predicted octanol–water partition coefficient (Wildman–Crippen LogP) is 3.56. The molecule has 5 nitrogen and oxygen atoms in total. The fourth-order valence-corrected chi connectivity index (χ4v) is 4.28. The van der Waals surface area contributed by atoms with Gasteiger partial charge in [0.1, 0.15) is 0 Å². The minimum absolute atomic E-state index is 0.0699. The number of nitrogens with zero attached hydrogens (tertiary/aromatic N) is 1. The van der Waals surface area contributed by atoms with Crippen molar-refractivity contribution in [3.05, 3.63) is 59.7 Å². The topological polar surface area (TPSA) is 66.5 Å². The minimum atomic E-state index is -3.49. The molecule has 0 saturated carbocycles. The lowest BCUT2D eigenvalue weighted by atomic mass is 9.94. The van der Waals surface area contributed by atoms with E-state index in [0.717, 1.165) is 23.2 Å². The summed E-state index contributed by atoms with van der Waals surface area (Å²) in [5.41, 5.74) is 2.68. The van der Waals surface area contributed by atoms with E-state index < -0.39 is 15.4 Å². The molecule has 0 saturated heterocycles. The lowest BCUT2D eigenvalue weighted by Gasteiger charge is -2.26. The lowest BCUT2D eigenvalue weighted by molar-refractivity contribution is -0.125. The van der Waals surface area contributed by atoms with Crippen molar-refractivity contribution in [1.82, 2.24) is 0 Å². The third kappa shape index (κ3) is 4.07. The first-order chi connectivity index (χ1) is 12.2. The molecule has 138 valence electrons. The molecule has 1 N–H and O–H groups in total. The summed E-state index contributed by atoms with van der Waals surface area (Å²) >= 11 is 0. The average molecular weight is 372 g/mol. The first-order valence-electron chi connectivity index (χ1n) is 8.65. The van der Waals surface area contributed by atoms with Gasteiger partial charge in [-0.15, -0.1) is 0 Å². The molecule has 2 aromatic carbocycles. The molecule has 0 unspecified atom stereocenters. The van der Waals surface area contributed by atoms with E-state index in [1.54, 1.807) is 23.1 Å². The number of amides is 1. The Morgan fingerprint density at radius 2 is 1.81 bits per heavy atom.